The molecule has 0 atom stereocenters. The number of hydrogen-bond acceptors (Lipinski definition) is 9. The molecule has 0 aliphatic rings. The Morgan fingerprint density at radius 1 is 0.750 bits per heavy atom. The van der Waals surface area contributed by atoms with Crippen molar-refractivity contribution in [2.45, 2.75) is 84.7 Å². The quantitative estimate of drug-likeness (QED) is 0.150. The molecule has 0 N–H and O–H groups in total. The lowest BCUT2D eigenvalue weighted by Crippen LogP contribution is -2.48. The summed E-state index contributed by atoms with van der Waals surface area (Å²) in [6.07, 6.45) is 6.42. The van der Waals surface area contributed by atoms with Crippen LogP contribution in [0.25, 0.3) is 0 Å². The third-order valence-corrected chi connectivity index (χ3v) is 3.82. The van der Waals surface area contributed by atoms with E-state index in [1.807, 2.05) is 20.8 Å². The fourth-order valence-corrected chi connectivity index (χ4v) is 2.27. The maximum Gasteiger partial charge on any atom is 0.351 e. The Kier molecular flexibility index (Phi) is 20.1. The smallest absolute Gasteiger partial charge is 0.351 e. The zero-order valence-electron chi connectivity index (χ0n) is 20.4. The van der Waals surface area contributed by atoms with Crippen LogP contribution in [0.4, 0.5) is 0 Å². The molecule has 188 valence electrons. The van der Waals surface area contributed by atoms with Gasteiger partial charge in [0, 0.05) is 6.92 Å². The zero-order valence-corrected chi connectivity index (χ0v) is 21.2. The van der Waals surface area contributed by atoms with Gasteiger partial charge in [-0.05, 0) is 19.3 Å². The molecule has 0 aliphatic heterocycles. The van der Waals surface area contributed by atoms with Crippen LogP contribution < -0.4 is 0 Å². The van der Waals surface area contributed by atoms with E-state index >= 15 is 0 Å². The predicted octanol–water partition coefficient (Wildman–Crippen LogP) is 3.09. The molecule has 0 fully saturated rings. The molecule has 32 heavy (non-hydrogen) atoms. The summed E-state index contributed by atoms with van der Waals surface area (Å²) >= 11 is -0.611. The number of rotatable bonds is 15. The maximum atomic E-state index is 12.7. The lowest BCUT2D eigenvalue weighted by molar-refractivity contribution is -0.190. The minimum absolute atomic E-state index is 0.0914. The van der Waals surface area contributed by atoms with Gasteiger partial charge in [0.2, 0.25) is 5.60 Å². The molecule has 0 aromatic rings. The Labute approximate surface area is 195 Å². The zero-order chi connectivity index (χ0) is 25.0. The molecular formula is C22H40O9S. The van der Waals surface area contributed by atoms with E-state index < -0.39 is 53.5 Å². The molecule has 0 heterocycles. The van der Waals surface area contributed by atoms with Gasteiger partial charge in [-0.2, -0.15) is 0 Å². The Bertz CT molecular complexity index is 523. The first-order chi connectivity index (χ1) is 15.0. The van der Waals surface area contributed by atoms with Gasteiger partial charge >= 0.3 is 23.9 Å². The summed E-state index contributed by atoms with van der Waals surface area (Å²) in [5, 5.41) is 0. The Hall–Kier alpha value is -1.81. The van der Waals surface area contributed by atoms with Crippen molar-refractivity contribution in [2.24, 2.45) is 0 Å². The summed E-state index contributed by atoms with van der Waals surface area (Å²) in [6, 6.07) is 0. The van der Waals surface area contributed by atoms with Gasteiger partial charge < -0.3 is 23.5 Å². The van der Waals surface area contributed by atoms with Crippen molar-refractivity contribution in [3.63, 3.8) is 0 Å². The average Bonchev–Trinajstić information content (AvgIpc) is 2.67. The number of carbonyl (C=O) groups excluding carboxylic acids is 4. The molecule has 0 saturated heterocycles. The van der Waals surface area contributed by atoms with E-state index in [9.17, 15) is 23.7 Å². The number of hydrogen-bond donors (Lipinski definition) is 0. The first-order valence-corrected chi connectivity index (χ1v) is 12.9. The van der Waals surface area contributed by atoms with E-state index in [0.717, 1.165) is 26.2 Å². The summed E-state index contributed by atoms with van der Waals surface area (Å²) in [5.41, 5.74) is -2.09. The van der Waals surface area contributed by atoms with Crippen LogP contribution in [-0.2, 0) is 49.3 Å². The Balaban J connectivity index is 0. The molecule has 0 bridgehead atoms. The highest BCUT2D eigenvalue weighted by Crippen LogP contribution is 2.26. The van der Waals surface area contributed by atoms with Crippen molar-refractivity contribution in [2.75, 3.05) is 32.3 Å². The minimum Gasteiger partial charge on any atom is -0.617 e. The van der Waals surface area contributed by atoms with E-state index in [2.05, 4.69) is 0 Å². The molecule has 9 nitrogen and oxygen atoms in total. The van der Waals surface area contributed by atoms with Crippen LogP contribution >= 0.6 is 0 Å². The molecule has 0 spiro atoms. The first-order valence-electron chi connectivity index (χ1n) is 11.0. The van der Waals surface area contributed by atoms with Gasteiger partial charge in [0.1, 0.15) is 0 Å². The molecular weight excluding hydrogens is 440 g/mol. The van der Waals surface area contributed by atoms with E-state index in [1.54, 1.807) is 12.5 Å². The molecule has 0 amide bonds. The van der Waals surface area contributed by atoms with Crippen molar-refractivity contribution < 1.29 is 42.7 Å². The van der Waals surface area contributed by atoms with Crippen LogP contribution in [0.1, 0.15) is 79.1 Å². The monoisotopic (exact) mass is 480 g/mol. The molecule has 0 unspecified atom stereocenters. The van der Waals surface area contributed by atoms with Crippen LogP contribution in [0.2, 0.25) is 0 Å². The van der Waals surface area contributed by atoms with Gasteiger partial charge in [-0.25, -0.2) is 4.79 Å². The molecule has 0 aliphatic carbocycles. The van der Waals surface area contributed by atoms with Crippen LogP contribution in [0.5, 0.6) is 0 Å². The van der Waals surface area contributed by atoms with E-state index in [0.29, 0.717) is 19.3 Å². The van der Waals surface area contributed by atoms with Crippen molar-refractivity contribution in [1.29, 1.82) is 0 Å². The number of unbranched alkanes of at least 4 members (excludes halogenated alkanes) is 3. The van der Waals surface area contributed by atoms with Crippen molar-refractivity contribution in [1.82, 2.24) is 0 Å². The van der Waals surface area contributed by atoms with Crippen molar-refractivity contribution >= 4 is 35.1 Å². The van der Waals surface area contributed by atoms with E-state index in [-0.39, 0.29) is 19.8 Å². The number of esters is 4. The van der Waals surface area contributed by atoms with Crippen molar-refractivity contribution in [3.05, 3.63) is 0 Å². The molecule has 0 aromatic carbocycles. The van der Waals surface area contributed by atoms with Crippen LogP contribution in [0.3, 0.4) is 0 Å². The second kappa shape index (κ2) is 19.8. The highest BCUT2D eigenvalue weighted by atomic mass is 32.2. The summed E-state index contributed by atoms with van der Waals surface area (Å²) in [4.78, 5) is 48.8. The largest absolute Gasteiger partial charge is 0.617 e. The standard InChI is InChI=1S/C20H34O8.C2H6OS/c1-5-8-11-25-17(22)14-20(28-16(4)21,19(24)27-13-10-7-3)15-18(23)26-12-9-6-2;1-4(2)3/h5-15H2,1-4H3;1-2H3. The summed E-state index contributed by atoms with van der Waals surface area (Å²) in [6.45, 7) is 7.34. The van der Waals surface area contributed by atoms with E-state index in [1.165, 1.54) is 0 Å². The van der Waals surface area contributed by atoms with Gasteiger partial charge in [0.05, 0.1) is 45.2 Å². The van der Waals surface area contributed by atoms with Gasteiger partial charge in [0.15, 0.2) is 0 Å². The van der Waals surface area contributed by atoms with Crippen LogP contribution in [0, 0.1) is 0 Å². The summed E-state index contributed by atoms with van der Waals surface area (Å²) < 4.78 is 30.1. The fraction of sp³-hybridized carbons (Fsp3) is 0.818. The van der Waals surface area contributed by atoms with Gasteiger partial charge in [-0.1, -0.05) is 51.2 Å². The Morgan fingerprint density at radius 3 is 1.41 bits per heavy atom. The molecule has 10 heteroatoms. The third-order valence-electron chi connectivity index (χ3n) is 3.82. The van der Waals surface area contributed by atoms with Crippen LogP contribution in [0.15, 0.2) is 0 Å². The number of ether oxygens (including phenoxy) is 4. The van der Waals surface area contributed by atoms with Gasteiger partial charge in [-0.15, -0.1) is 0 Å². The molecule has 0 rings (SSSR count). The molecule has 0 aromatic heterocycles. The molecule has 0 saturated carbocycles. The lowest BCUT2D eigenvalue weighted by Gasteiger charge is -2.29. The average molecular weight is 481 g/mol. The third kappa shape index (κ3) is 17.8. The second-order valence-corrected chi connectivity index (χ2v) is 8.80. The topological polar surface area (TPSA) is 128 Å². The van der Waals surface area contributed by atoms with Gasteiger partial charge in [-0.3, -0.25) is 14.4 Å². The lowest BCUT2D eigenvalue weighted by atomic mass is 9.95. The number of carbonyl (C=O) groups is 4. The highest BCUT2D eigenvalue weighted by molar-refractivity contribution is 7.89. The Morgan fingerprint density at radius 2 is 1.09 bits per heavy atom. The van der Waals surface area contributed by atoms with Crippen LogP contribution in [-0.4, -0.2) is 66.4 Å². The SMILES string of the molecule is CCCCOC(=O)CC(CC(=O)OCCCC)(OC(C)=O)C(=O)OCCCC.C[S+](C)[O-]. The summed E-state index contributed by atoms with van der Waals surface area (Å²) in [7, 11) is 0. The van der Waals surface area contributed by atoms with Crippen molar-refractivity contribution in [3.8, 4) is 0 Å². The molecule has 0 radical (unpaired) electrons. The first kappa shape index (κ1) is 32.4. The normalized spacial score (nSPS) is 10.6. The minimum atomic E-state index is -2.09. The maximum absolute atomic E-state index is 12.7. The van der Waals surface area contributed by atoms with E-state index in [4.69, 9.17) is 18.9 Å². The second-order valence-electron chi connectivity index (χ2n) is 7.32. The van der Waals surface area contributed by atoms with Gasteiger partial charge in [0.25, 0.3) is 0 Å². The fourth-order valence-electron chi connectivity index (χ4n) is 2.27. The summed E-state index contributed by atoms with van der Waals surface area (Å²) in [5.74, 6) is -3.25. The highest BCUT2D eigenvalue weighted by Gasteiger charge is 2.48. The predicted molar refractivity (Wildman–Crippen MR) is 121 cm³/mol.